The summed E-state index contributed by atoms with van der Waals surface area (Å²) in [4.78, 5) is 12.1. The number of nitrogens with one attached hydrogen (secondary N) is 3. The number of hydrogen-bond acceptors (Lipinski definition) is 3. The van der Waals surface area contributed by atoms with Crippen LogP contribution in [-0.2, 0) is 6.54 Å². The Bertz CT molecular complexity index is 616. The van der Waals surface area contributed by atoms with Gasteiger partial charge in [0.05, 0.1) is 11.8 Å². The van der Waals surface area contributed by atoms with E-state index in [1.54, 1.807) is 6.20 Å². The van der Waals surface area contributed by atoms with E-state index in [9.17, 15) is 4.79 Å². The van der Waals surface area contributed by atoms with E-state index < -0.39 is 0 Å². The number of aromatic amines is 1. The van der Waals surface area contributed by atoms with E-state index in [0.29, 0.717) is 11.6 Å². The summed E-state index contributed by atoms with van der Waals surface area (Å²) in [5, 5.41) is 13.0. The molecule has 0 unspecified atom stereocenters. The summed E-state index contributed by atoms with van der Waals surface area (Å²) in [5.41, 5.74) is 3.34. The Morgan fingerprint density at radius 2 is 2.30 bits per heavy atom. The Morgan fingerprint density at radius 1 is 1.45 bits per heavy atom. The summed E-state index contributed by atoms with van der Waals surface area (Å²) in [6.07, 6.45) is 4.09. The number of hydrogen-bond donors (Lipinski definition) is 3. The van der Waals surface area contributed by atoms with Crippen molar-refractivity contribution in [2.24, 2.45) is 0 Å². The van der Waals surface area contributed by atoms with Gasteiger partial charge >= 0.3 is 0 Å². The fourth-order valence-corrected chi connectivity index (χ4v) is 2.09. The number of H-pyrrole nitrogens is 1. The number of carbonyl (C=O) groups is 1. The monoisotopic (exact) mass is 270 g/mol. The minimum absolute atomic E-state index is 0.136. The van der Waals surface area contributed by atoms with Crippen LogP contribution in [0.4, 0.5) is 5.69 Å². The van der Waals surface area contributed by atoms with E-state index in [1.807, 2.05) is 25.1 Å². The van der Waals surface area contributed by atoms with Crippen LogP contribution in [0, 0.1) is 6.92 Å². The normalized spacial score (nSPS) is 14.2. The topological polar surface area (TPSA) is 69.8 Å². The predicted molar refractivity (Wildman–Crippen MR) is 77.6 cm³/mol. The molecule has 0 saturated heterocycles. The Balaban J connectivity index is 1.65. The average molecular weight is 270 g/mol. The van der Waals surface area contributed by atoms with Crippen molar-refractivity contribution in [1.82, 2.24) is 15.5 Å². The molecule has 0 bridgehead atoms. The second-order valence-corrected chi connectivity index (χ2v) is 5.22. The maximum atomic E-state index is 12.1. The number of nitrogens with zero attached hydrogens (tertiary/aromatic N) is 1. The standard InChI is InChI=1S/C15H18N4O/c1-10-14(9-17-19-10)15(20)18-13-4-2-3-11(7-13)8-16-12-5-6-12/h2-4,7,9,12,16H,5-6,8H2,1H3,(H,17,19)(H,18,20). The highest BCUT2D eigenvalue weighted by Crippen LogP contribution is 2.20. The minimum atomic E-state index is -0.136. The molecule has 20 heavy (non-hydrogen) atoms. The largest absolute Gasteiger partial charge is 0.322 e. The lowest BCUT2D eigenvalue weighted by Crippen LogP contribution is -2.16. The molecule has 1 amide bonds. The van der Waals surface area contributed by atoms with Crippen LogP contribution in [0.25, 0.3) is 0 Å². The van der Waals surface area contributed by atoms with Crippen molar-refractivity contribution in [3.8, 4) is 0 Å². The first-order chi connectivity index (χ1) is 9.72. The van der Waals surface area contributed by atoms with Crippen molar-refractivity contribution < 1.29 is 4.79 Å². The molecular weight excluding hydrogens is 252 g/mol. The van der Waals surface area contributed by atoms with Crippen molar-refractivity contribution in [3.05, 3.63) is 47.3 Å². The summed E-state index contributed by atoms with van der Waals surface area (Å²) in [5.74, 6) is -0.136. The quantitative estimate of drug-likeness (QED) is 0.780. The van der Waals surface area contributed by atoms with Gasteiger partial charge in [0, 0.05) is 24.0 Å². The Morgan fingerprint density at radius 3 is 3.00 bits per heavy atom. The van der Waals surface area contributed by atoms with E-state index in [-0.39, 0.29) is 5.91 Å². The van der Waals surface area contributed by atoms with Gasteiger partial charge in [0.2, 0.25) is 0 Å². The van der Waals surface area contributed by atoms with Gasteiger partial charge < -0.3 is 10.6 Å². The second kappa shape index (κ2) is 5.46. The molecule has 0 radical (unpaired) electrons. The highest BCUT2D eigenvalue weighted by molar-refractivity contribution is 6.04. The van der Waals surface area contributed by atoms with Crippen LogP contribution in [0.2, 0.25) is 0 Å². The number of aryl methyl sites for hydroxylation is 1. The molecule has 0 spiro atoms. The van der Waals surface area contributed by atoms with Crippen LogP contribution in [-0.4, -0.2) is 22.1 Å². The van der Waals surface area contributed by atoms with Gasteiger partial charge in [0.15, 0.2) is 0 Å². The summed E-state index contributed by atoms with van der Waals surface area (Å²) < 4.78 is 0. The first-order valence-corrected chi connectivity index (χ1v) is 6.86. The van der Waals surface area contributed by atoms with Crippen LogP contribution in [0.15, 0.2) is 30.5 Å². The molecule has 5 nitrogen and oxygen atoms in total. The first kappa shape index (κ1) is 12.9. The van der Waals surface area contributed by atoms with Crippen molar-refractivity contribution in [2.75, 3.05) is 5.32 Å². The van der Waals surface area contributed by atoms with Crippen LogP contribution >= 0.6 is 0 Å². The average Bonchev–Trinajstić information content (AvgIpc) is 3.17. The number of carbonyl (C=O) groups excluding carboxylic acids is 1. The summed E-state index contributed by atoms with van der Waals surface area (Å²) in [6, 6.07) is 8.61. The zero-order chi connectivity index (χ0) is 13.9. The second-order valence-electron chi connectivity index (χ2n) is 5.22. The van der Waals surface area contributed by atoms with Gasteiger partial charge in [0.1, 0.15) is 0 Å². The summed E-state index contributed by atoms with van der Waals surface area (Å²) >= 11 is 0. The SMILES string of the molecule is Cc1[nH]ncc1C(=O)Nc1cccc(CNC2CC2)c1. The number of benzene rings is 1. The molecule has 1 aromatic heterocycles. The molecule has 1 saturated carbocycles. The van der Waals surface area contributed by atoms with E-state index >= 15 is 0 Å². The Labute approximate surface area is 117 Å². The number of amides is 1. The highest BCUT2D eigenvalue weighted by Gasteiger charge is 2.19. The van der Waals surface area contributed by atoms with Gasteiger partial charge in [-0.25, -0.2) is 0 Å². The predicted octanol–water partition coefficient (Wildman–Crippen LogP) is 2.22. The molecule has 0 aliphatic heterocycles. The van der Waals surface area contributed by atoms with Crippen molar-refractivity contribution in [1.29, 1.82) is 0 Å². The highest BCUT2D eigenvalue weighted by atomic mass is 16.1. The molecule has 3 rings (SSSR count). The fraction of sp³-hybridized carbons (Fsp3) is 0.333. The van der Waals surface area contributed by atoms with Crippen molar-refractivity contribution in [3.63, 3.8) is 0 Å². The van der Waals surface area contributed by atoms with Crippen molar-refractivity contribution >= 4 is 11.6 Å². The lowest BCUT2D eigenvalue weighted by Gasteiger charge is -2.08. The zero-order valence-corrected chi connectivity index (χ0v) is 11.4. The number of rotatable bonds is 5. The molecule has 104 valence electrons. The molecule has 5 heteroatoms. The van der Waals surface area contributed by atoms with Crippen LogP contribution < -0.4 is 10.6 Å². The fourth-order valence-electron chi connectivity index (χ4n) is 2.09. The molecular formula is C15H18N4O. The van der Waals surface area contributed by atoms with E-state index in [4.69, 9.17) is 0 Å². The summed E-state index contributed by atoms with van der Waals surface area (Å²) in [7, 11) is 0. The van der Waals surface area contributed by atoms with Crippen LogP contribution in [0.3, 0.4) is 0 Å². The maximum Gasteiger partial charge on any atom is 0.259 e. The number of anilines is 1. The van der Waals surface area contributed by atoms with E-state index in [1.165, 1.54) is 18.4 Å². The maximum absolute atomic E-state index is 12.1. The minimum Gasteiger partial charge on any atom is -0.322 e. The van der Waals surface area contributed by atoms with Gasteiger partial charge in [-0.05, 0) is 37.5 Å². The van der Waals surface area contributed by atoms with Gasteiger partial charge in [-0.3, -0.25) is 9.89 Å². The smallest absolute Gasteiger partial charge is 0.259 e. The van der Waals surface area contributed by atoms with Gasteiger partial charge in [-0.15, -0.1) is 0 Å². The summed E-state index contributed by atoms with van der Waals surface area (Å²) in [6.45, 7) is 2.68. The first-order valence-electron chi connectivity index (χ1n) is 6.86. The molecule has 1 aliphatic carbocycles. The third-order valence-corrected chi connectivity index (χ3v) is 3.43. The molecule has 1 fully saturated rings. The molecule has 2 aromatic rings. The Kier molecular flexibility index (Phi) is 3.52. The van der Waals surface area contributed by atoms with E-state index in [2.05, 4.69) is 26.9 Å². The van der Waals surface area contributed by atoms with Crippen LogP contribution in [0.1, 0.15) is 34.5 Å². The lowest BCUT2D eigenvalue weighted by molar-refractivity contribution is 0.102. The van der Waals surface area contributed by atoms with Gasteiger partial charge in [0.25, 0.3) is 5.91 Å². The number of aromatic nitrogens is 2. The molecule has 1 heterocycles. The molecule has 0 atom stereocenters. The van der Waals surface area contributed by atoms with Gasteiger partial charge in [-0.1, -0.05) is 12.1 Å². The van der Waals surface area contributed by atoms with Gasteiger partial charge in [-0.2, -0.15) is 5.10 Å². The Hall–Kier alpha value is -2.14. The molecule has 1 aliphatic rings. The zero-order valence-electron chi connectivity index (χ0n) is 11.4. The lowest BCUT2D eigenvalue weighted by atomic mass is 10.2. The van der Waals surface area contributed by atoms with Crippen LogP contribution in [0.5, 0.6) is 0 Å². The third kappa shape index (κ3) is 3.05. The third-order valence-electron chi connectivity index (χ3n) is 3.43. The van der Waals surface area contributed by atoms with E-state index in [0.717, 1.165) is 17.9 Å². The molecule has 3 N–H and O–H groups in total. The van der Waals surface area contributed by atoms with Crippen molar-refractivity contribution in [2.45, 2.75) is 32.4 Å². The molecule has 1 aromatic carbocycles.